The molecule has 0 saturated carbocycles. The zero-order valence-electron chi connectivity index (χ0n) is 14.4. The normalized spacial score (nSPS) is 10.3. The molecule has 0 radical (unpaired) electrons. The number of halogens is 1. The largest absolute Gasteiger partial charge is 0.497 e. The van der Waals surface area contributed by atoms with Crippen molar-refractivity contribution >= 4 is 29.1 Å². The molecule has 0 saturated heterocycles. The first-order valence-corrected chi connectivity index (χ1v) is 8.23. The zero-order valence-corrected chi connectivity index (χ0v) is 15.1. The van der Waals surface area contributed by atoms with Crippen molar-refractivity contribution in [3.05, 3.63) is 59.2 Å². The Morgan fingerprint density at radius 3 is 2.58 bits per heavy atom. The molecule has 8 heteroatoms. The first-order chi connectivity index (χ1) is 12.7. The summed E-state index contributed by atoms with van der Waals surface area (Å²) in [5.74, 6) is 2.40. The van der Waals surface area contributed by atoms with Gasteiger partial charge in [-0.3, -0.25) is 0 Å². The summed E-state index contributed by atoms with van der Waals surface area (Å²) in [6.45, 7) is 0.565. The van der Waals surface area contributed by atoms with E-state index in [1.165, 1.54) is 6.20 Å². The maximum Gasteiger partial charge on any atom is 0.244 e. The maximum absolute atomic E-state index is 6.05. The lowest BCUT2D eigenvalue weighted by atomic mass is 10.2. The fourth-order valence-electron chi connectivity index (χ4n) is 2.28. The second-order valence-corrected chi connectivity index (χ2v) is 5.77. The quantitative estimate of drug-likeness (QED) is 0.651. The van der Waals surface area contributed by atoms with E-state index in [0.717, 1.165) is 11.3 Å². The van der Waals surface area contributed by atoms with Crippen molar-refractivity contribution in [3.63, 3.8) is 0 Å². The van der Waals surface area contributed by atoms with Gasteiger partial charge < -0.3 is 20.1 Å². The number of hydrogen-bond donors (Lipinski definition) is 2. The van der Waals surface area contributed by atoms with Gasteiger partial charge in [-0.1, -0.05) is 23.7 Å². The summed E-state index contributed by atoms with van der Waals surface area (Å²) in [4.78, 5) is 4.40. The molecule has 0 unspecified atom stereocenters. The molecule has 134 valence electrons. The second-order valence-electron chi connectivity index (χ2n) is 5.34. The second kappa shape index (κ2) is 8.35. The number of rotatable bonds is 7. The molecule has 0 atom stereocenters. The molecule has 0 amide bonds. The average Bonchev–Trinajstić information content (AvgIpc) is 2.67. The highest BCUT2D eigenvalue weighted by Gasteiger charge is 2.07. The number of anilines is 3. The molecule has 7 nitrogen and oxygen atoms in total. The minimum absolute atomic E-state index is 0.409. The highest BCUT2D eigenvalue weighted by molar-refractivity contribution is 6.31. The third-order valence-corrected chi connectivity index (χ3v) is 3.83. The van der Waals surface area contributed by atoms with Crippen LogP contribution in [-0.4, -0.2) is 29.4 Å². The van der Waals surface area contributed by atoms with E-state index in [0.29, 0.717) is 34.8 Å². The molecular formula is C18H18ClN5O2. The van der Waals surface area contributed by atoms with Gasteiger partial charge in [0.2, 0.25) is 5.95 Å². The van der Waals surface area contributed by atoms with Crippen LogP contribution in [0.4, 0.5) is 17.5 Å². The number of methoxy groups -OCH3 is 2. The first-order valence-electron chi connectivity index (χ1n) is 7.85. The van der Waals surface area contributed by atoms with E-state index in [4.69, 9.17) is 21.1 Å². The Hall–Kier alpha value is -3.06. The fourth-order valence-corrected chi connectivity index (χ4v) is 2.45. The van der Waals surface area contributed by atoms with Gasteiger partial charge in [0.25, 0.3) is 0 Å². The van der Waals surface area contributed by atoms with Crippen molar-refractivity contribution in [1.82, 2.24) is 15.2 Å². The van der Waals surface area contributed by atoms with Gasteiger partial charge in [-0.05, 0) is 35.9 Å². The number of nitrogens with zero attached hydrogens (tertiary/aromatic N) is 3. The third kappa shape index (κ3) is 4.52. The van der Waals surface area contributed by atoms with Crippen LogP contribution in [-0.2, 0) is 6.54 Å². The Morgan fingerprint density at radius 1 is 1.04 bits per heavy atom. The van der Waals surface area contributed by atoms with E-state index in [2.05, 4.69) is 25.8 Å². The summed E-state index contributed by atoms with van der Waals surface area (Å²) in [7, 11) is 3.23. The Balaban J connectivity index is 1.69. The number of ether oxygens (including phenoxy) is 2. The predicted octanol–water partition coefficient (Wildman–Crippen LogP) is 3.90. The molecule has 0 spiro atoms. The molecule has 0 bridgehead atoms. The molecule has 0 aliphatic rings. The minimum atomic E-state index is 0.409. The summed E-state index contributed by atoms with van der Waals surface area (Å²) in [6.07, 6.45) is 1.53. The Kier molecular flexibility index (Phi) is 5.70. The summed E-state index contributed by atoms with van der Waals surface area (Å²) < 4.78 is 10.5. The predicted molar refractivity (Wildman–Crippen MR) is 101 cm³/mol. The molecule has 0 fully saturated rings. The lowest BCUT2D eigenvalue weighted by molar-refractivity contribution is 0.414. The van der Waals surface area contributed by atoms with Gasteiger partial charge in [0.15, 0.2) is 5.82 Å². The standard InChI is InChI=1S/C18H18ClN5O2/c1-25-14-6-3-12(4-7-14)10-20-18-23-17(11-21-24-18)22-15-9-13(19)5-8-16(15)26-2/h3-9,11H,10H2,1-2H3,(H2,20,22,23,24). The number of aromatic nitrogens is 3. The Morgan fingerprint density at radius 2 is 1.85 bits per heavy atom. The number of benzene rings is 2. The van der Waals surface area contributed by atoms with Gasteiger partial charge in [-0.2, -0.15) is 10.1 Å². The zero-order chi connectivity index (χ0) is 18.4. The molecule has 0 aliphatic carbocycles. The summed E-state index contributed by atoms with van der Waals surface area (Å²) >= 11 is 6.05. The van der Waals surface area contributed by atoms with Crippen LogP contribution in [0.2, 0.25) is 5.02 Å². The molecule has 1 heterocycles. The maximum atomic E-state index is 6.05. The topological polar surface area (TPSA) is 81.2 Å². The van der Waals surface area contributed by atoms with Gasteiger partial charge in [0, 0.05) is 11.6 Å². The van der Waals surface area contributed by atoms with Gasteiger partial charge in [-0.25, -0.2) is 0 Å². The van der Waals surface area contributed by atoms with Crippen molar-refractivity contribution < 1.29 is 9.47 Å². The average molecular weight is 372 g/mol. The molecule has 26 heavy (non-hydrogen) atoms. The molecule has 2 N–H and O–H groups in total. The van der Waals surface area contributed by atoms with Crippen LogP contribution in [0.5, 0.6) is 11.5 Å². The van der Waals surface area contributed by atoms with Crippen LogP contribution in [0.1, 0.15) is 5.56 Å². The van der Waals surface area contributed by atoms with E-state index >= 15 is 0 Å². The molecular weight excluding hydrogens is 354 g/mol. The van der Waals surface area contributed by atoms with Crippen LogP contribution in [0.25, 0.3) is 0 Å². The number of nitrogens with one attached hydrogen (secondary N) is 2. The van der Waals surface area contributed by atoms with Gasteiger partial charge in [0.1, 0.15) is 11.5 Å². The highest BCUT2D eigenvalue weighted by atomic mass is 35.5. The van der Waals surface area contributed by atoms with Crippen molar-refractivity contribution in [2.75, 3.05) is 24.9 Å². The van der Waals surface area contributed by atoms with Crippen LogP contribution < -0.4 is 20.1 Å². The van der Waals surface area contributed by atoms with Crippen LogP contribution in [0.15, 0.2) is 48.7 Å². The molecule has 0 aliphatic heterocycles. The minimum Gasteiger partial charge on any atom is -0.497 e. The summed E-state index contributed by atoms with van der Waals surface area (Å²) in [6, 6.07) is 13.0. The van der Waals surface area contributed by atoms with E-state index < -0.39 is 0 Å². The number of hydrogen-bond acceptors (Lipinski definition) is 7. The van der Waals surface area contributed by atoms with E-state index in [1.54, 1.807) is 32.4 Å². The van der Waals surface area contributed by atoms with Gasteiger partial charge >= 0.3 is 0 Å². The molecule has 3 rings (SSSR count). The van der Waals surface area contributed by atoms with Crippen molar-refractivity contribution in [1.29, 1.82) is 0 Å². The van der Waals surface area contributed by atoms with Crippen LogP contribution in [0.3, 0.4) is 0 Å². The third-order valence-electron chi connectivity index (χ3n) is 3.59. The summed E-state index contributed by atoms with van der Waals surface area (Å²) in [5, 5.41) is 14.8. The van der Waals surface area contributed by atoms with Crippen LogP contribution in [0, 0.1) is 0 Å². The SMILES string of the molecule is COc1ccc(CNc2nncc(Nc3cc(Cl)ccc3OC)n2)cc1. The van der Waals surface area contributed by atoms with E-state index in [9.17, 15) is 0 Å². The van der Waals surface area contributed by atoms with Gasteiger partial charge in [-0.15, -0.1) is 5.10 Å². The van der Waals surface area contributed by atoms with Crippen LogP contribution >= 0.6 is 11.6 Å². The lowest BCUT2D eigenvalue weighted by Crippen LogP contribution is -2.06. The molecule has 1 aromatic heterocycles. The van der Waals surface area contributed by atoms with Crippen molar-refractivity contribution in [2.45, 2.75) is 6.54 Å². The fraction of sp³-hybridized carbons (Fsp3) is 0.167. The lowest BCUT2D eigenvalue weighted by Gasteiger charge is -2.11. The monoisotopic (exact) mass is 371 g/mol. The van der Waals surface area contributed by atoms with E-state index in [-0.39, 0.29) is 0 Å². The van der Waals surface area contributed by atoms with Crippen molar-refractivity contribution in [3.8, 4) is 11.5 Å². The van der Waals surface area contributed by atoms with Gasteiger partial charge in [0.05, 0.1) is 26.1 Å². The smallest absolute Gasteiger partial charge is 0.244 e. The molecule has 3 aromatic rings. The Bertz CT molecular complexity index is 874. The summed E-state index contributed by atoms with van der Waals surface area (Å²) in [5.41, 5.74) is 1.77. The van der Waals surface area contributed by atoms with Crippen molar-refractivity contribution in [2.24, 2.45) is 0 Å². The highest BCUT2D eigenvalue weighted by Crippen LogP contribution is 2.29. The molecule has 2 aromatic carbocycles. The first kappa shape index (κ1) is 17.8. The Labute approximate surface area is 156 Å². The van der Waals surface area contributed by atoms with E-state index in [1.807, 2.05) is 24.3 Å².